The number of fused-ring (bicyclic) bond motifs is 1. The van der Waals surface area contributed by atoms with Gasteiger partial charge in [-0.05, 0) is 24.5 Å². The number of carbonyl (C=O) groups excluding carboxylic acids is 1. The van der Waals surface area contributed by atoms with Gasteiger partial charge in [0, 0.05) is 0 Å². The fourth-order valence-corrected chi connectivity index (χ4v) is 2.98. The first-order chi connectivity index (χ1) is 5.68. The number of hydrogen-bond donors (Lipinski definition) is 1. The second-order valence-corrected chi connectivity index (χ2v) is 5.06. The minimum atomic E-state index is 0.00282. The summed E-state index contributed by atoms with van der Waals surface area (Å²) in [6.07, 6.45) is 1.85. The number of carbonyl (C=O) groups is 1. The lowest BCUT2D eigenvalue weighted by Gasteiger charge is -2.14. The lowest BCUT2D eigenvalue weighted by Crippen LogP contribution is -2.20. The highest BCUT2D eigenvalue weighted by molar-refractivity contribution is 9.10. The summed E-state index contributed by atoms with van der Waals surface area (Å²) < 4.78 is 0. The summed E-state index contributed by atoms with van der Waals surface area (Å²) in [7, 11) is 0. The van der Waals surface area contributed by atoms with Crippen LogP contribution in [0.3, 0.4) is 0 Å². The molecule has 2 N–H and O–H groups in total. The summed E-state index contributed by atoms with van der Waals surface area (Å²) >= 11 is 4.75. The number of Topliss-reactive ketones (excluding diaryl/α,β-unsaturated/α-hetero) is 1. The Balaban J connectivity index is 2.48. The van der Waals surface area contributed by atoms with Gasteiger partial charge in [-0.15, -0.1) is 11.3 Å². The standard InChI is InChI=1S/C8H8BrNOS/c9-5-2-1-4-3-6(10)12-8(4)7(5)11/h3,5H,1-2,10H2. The van der Waals surface area contributed by atoms with E-state index in [1.54, 1.807) is 0 Å². The fraction of sp³-hybridized carbons (Fsp3) is 0.375. The molecule has 0 saturated heterocycles. The molecule has 1 aliphatic carbocycles. The van der Waals surface area contributed by atoms with Crippen LogP contribution >= 0.6 is 27.3 Å². The second-order valence-electron chi connectivity index (χ2n) is 2.87. The van der Waals surface area contributed by atoms with Gasteiger partial charge in [-0.25, -0.2) is 0 Å². The van der Waals surface area contributed by atoms with Gasteiger partial charge in [0.25, 0.3) is 0 Å². The van der Waals surface area contributed by atoms with Gasteiger partial charge in [0.2, 0.25) is 0 Å². The van der Waals surface area contributed by atoms with Crippen molar-refractivity contribution >= 4 is 38.1 Å². The van der Waals surface area contributed by atoms with Gasteiger partial charge in [0.1, 0.15) is 0 Å². The molecule has 0 radical (unpaired) electrons. The minimum absolute atomic E-state index is 0.00282. The van der Waals surface area contributed by atoms with Crippen molar-refractivity contribution in [3.05, 3.63) is 16.5 Å². The lowest BCUT2D eigenvalue weighted by atomic mass is 9.98. The molecule has 12 heavy (non-hydrogen) atoms. The zero-order valence-corrected chi connectivity index (χ0v) is 8.74. The molecule has 1 unspecified atom stereocenters. The number of hydrogen-bond acceptors (Lipinski definition) is 3. The van der Waals surface area contributed by atoms with Gasteiger partial charge in [0.15, 0.2) is 5.78 Å². The number of rotatable bonds is 0. The average Bonchev–Trinajstić information content (AvgIpc) is 2.39. The van der Waals surface area contributed by atoms with Crippen LogP contribution in [-0.2, 0) is 6.42 Å². The highest BCUT2D eigenvalue weighted by Crippen LogP contribution is 2.33. The van der Waals surface area contributed by atoms with Crippen LogP contribution in [0.2, 0.25) is 0 Å². The first-order valence-corrected chi connectivity index (χ1v) is 5.48. The Morgan fingerprint density at radius 3 is 3.17 bits per heavy atom. The smallest absolute Gasteiger partial charge is 0.186 e. The molecule has 0 fully saturated rings. The molecule has 0 spiro atoms. The molecule has 2 rings (SSSR count). The third-order valence-corrected chi connectivity index (χ3v) is 3.90. The summed E-state index contributed by atoms with van der Waals surface area (Å²) in [6, 6.07) is 1.91. The van der Waals surface area contributed by atoms with Crippen LogP contribution in [0.4, 0.5) is 5.00 Å². The van der Waals surface area contributed by atoms with E-state index in [1.165, 1.54) is 11.3 Å². The third-order valence-electron chi connectivity index (χ3n) is 2.00. The maximum atomic E-state index is 11.5. The van der Waals surface area contributed by atoms with Gasteiger partial charge >= 0.3 is 0 Å². The Hall–Kier alpha value is -0.350. The van der Waals surface area contributed by atoms with Crippen molar-refractivity contribution < 1.29 is 4.79 Å². The van der Waals surface area contributed by atoms with Crippen LogP contribution in [0.15, 0.2) is 6.07 Å². The molecule has 1 heterocycles. The third kappa shape index (κ3) is 1.19. The predicted octanol–water partition coefficient (Wildman–Crippen LogP) is 2.22. The lowest BCUT2D eigenvalue weighted by molar-refractivity contribution is 0.0986. The van der Waals surface area contributed by atoms with Gasteiger partial charge in [0.05, 0.1) is 14.7 Å². The number of aryl methyl sites for hydroxylation is 1. The minimum Gasteiger partial charge on any atom is -0.391 e. The molecule has 1 aromatic heterocycles. The molecule has 1 aromatic rings. The molecule has 0 bridgehead atoms. The van der Waals surface area contributed by atoms with Gasteiger partial charge < -0.3 is 5.73 Å². The zero-order chi connectivity index (χ0) is 8.72. The maximum absolute atomic E-state index is 11.5. The summed E-state index contributed by atoms with van der Waals surface area (Å²) in [5, 5.41) is 0.745. The van der Waals surface area contributed by atoms with E-state index in [0.29, 0.717) is 0 Å². The normalized spacial score (nSPS) is 22.4. The van der Waals surface area contributed by atoms with E-state index in [-0.39, 0.29) is 10.6 Å². The number of halogens is 1. The number of nitrogens with two attached hydrogens (primary N) is 1. The average molecular weight is 246 g/mol. The molecule has 0 amide bonds. The number of alkyl halides is 1. The number of nitrogen functional groups attached to an aromatic ring is 1. The molecule has 1 aliphatic rings. The molecule has 0 aliphatic heterocycles. The first-order valence-electron chi connectivity index (χ1n) is 3.75. The van der Waals surface area contributed by atoms with Gasteiger partial charge in [-0.1, -0.05) is 15.9 Å². The van der Waals surface area contributed by atoms with Crippen molar-refractivity contribution in [1.29, 1.82) is 0 Å². The highest BCUT2D eigenvalue weighted by atomic mass is 79.9. The van der Waals surface area contributed by atoms with E-state index in [4.69, 9.17) is 5.73 Å². The zero-order valence-electron chi connectivity index (χ0n) is 6.34. The Morgan fingerprint density at radius 1 is 1.67 bits per heavy atom. The van der Waals surface area contributed by atoms with Crippen LogP contribution in [0.5, 0.6) is 0 Å². The van der Waals surface area contributed by atoms with Crippen molar-refractivity contribution in [1.82, 2.24) is 0 Å². The summed E-state index contributed by atoms with van der Waals surface area (Å²) in [6.45, 7) is 0. The van der Waals surface area contributed by atoms with E-state index >= 15 is 0 Å². The molecule has 0 saturated carbocycles. The second kappa shape index (κ2) is 2.85. The molecular weight excluding hydrogens is 238 g/mol. The van der Waals surface area contributed by atoms with Crippen molar-refractivity contribution in [3.8, 4) is 0 Å². The van der Waals surface area contributed by atoms with E-state index in [9.17, 15) is 4.79 Å². The van der Waals surface area contributed by atoms with Crippen molar-refractivity contribution in [3.63, 3.8) is 0 Å². The summed E-state index contributed by atoms with van der Waals surface area (Å²) in [5.74, 6) is 0.193. The van der Waals surface area contributed by atoms with Crippen LogP contribution in [0.25, 0.3) is 0 Å². The molecular formula is C8H8BrNOS. The van der Waals surface area contributed by atoms with Gasteiger partial charge in [-0.2, -0.15) is 0 Å². The van der Waals surface area contributed by atoms with Crippen molar-refractivity contribution in [2.45, 2.75) is 17.7 Å². The topological polar surface area (TPSA) is 43.1 Å². The SMILES string of the molecule is Nc1cc2c(s1)C(=O)C(Br)CC2. The maximum Gasteiger partial charge on any atom is 0.186 e. The predicted molar refractivity (Wildman–Crippen MR) is 54.1 cm³/mol. The Morgan fingerprint density at radius 2 is 2.42 bits per heavy atom. The van der Waals surface area contributed by atoms with E-state index < -0.39 is 0 Å². The highest BCUT2D eigenvalue weighted by Gasteiger charge is 2.26. The van der Waals surface area contributed by atoms with E-state index in [0.717, 1.165) is 28.3 Å². The first kappa shape index (κ1) is 8.26. The molecule has 1 atom stereocenters. The van der Waals surface area contributed by atoms with Crippen LogP contribution in [-0.4, -0.2) is 10.6 Å². The molecule has 4 heteroatoms. The van der Waals surface area contributed by atoms with Crippen LogP contribution in [0.1, 0.15) is 21.7 Å². The largest absolute Gasteiger partial charge is 0.391 e. The van der Waals surface area contributed by atoms with E-state index in [2.05, 4.69) is 15.9 Å². The Bertz CT molecular complexity index is 334. The summed E-state index contributed by atoms with van der Waals surface area (Å²) in [5.41, 5.74) is 6.74. The Kier molecular flexibility index (Phi) is 1.96. The monoisotopic (exact) mass is 245 g/mol. The van der Waals surface area contributed by atoms with Gasteiger partial charge in [-0.3, -0.25) is 4.79 Å². The number of anilines is 1. The van der Waals surface area contributed by atoms with Crippen molar-refractivity contribution in [2.24, 2.45) is 0 Å². The quantitative estimate of drug-likeness (QED) is 0.713. The Labute approximate surface area is 82.9 Å². The summed E-state index contributed by atoms with van der Waals surface area (Å²) in [4.78, 5) is 12.4. The van der Waals surface area contributed by atoms with Crippen LogP contribution in [0, 0.1) is 0 Å². The van der Waals surface area contributed by atoms with Crippen molar-refractivity contribution in [2.75, 3.05) is 5.73 Å². The number of ketones is 1. The molecule has 2 nitrogen and oxygen atoms in total. The van der Waals surface area contributed by atoms with Crippen LogP contribution < -0.4 is 5.73 Å². The van der Waals surface area contributed by atoms with E-state index in [1.807, 2.05) is 6.07 Å². The molecule has 64 valence electrons. The number of thiophene rings is 1. The fourth-order valence-electron chi connectivity index (χ4n) is 1.40. The molecule has 0 aromatic carbocycles.